The van der Waals surface area contributed by atoms with Crippen LogP contribution >= 0.6 is 0 Å². The molecule has 6 rings (SSSR count). The molecule has 0 unspecified atom stereocenters. The Bertz CT molecular complexity index is 1440. The Morgan fingerprint density at radius 2 is 0.725 bits per heavy atom. The Morgan fingerprint density at radius 3 is 1.12 bits per heavy atom. The van der Waals surface area contributed by atoms with E-state index in [1.54, 1.807) is 0 Å². The van der Waals surface area contributed by atoms with Crippen LogP contribution in [0, 0.1) is 47.4 Å². The summed E-state index contributed by atoms with van der Waals surface area (Å²) in [6.07, 6.45) is 8.16. The van der Waals surface area contributed by atoms with Crippen LogP contribution in [0.5, 0.6) is 0 Å². The van der Waals surface area contributed by atoms with E-state index < -0.39 is 0 Å². The topological polar surface area (TPSA) is 55.4 Å². The van der Waals surface area contributed by atoms with Crippen molar-refractivity contribution >= 4 is 0 Å². The summed E-state index contributed by atoms with van der Waals surface area (Å²) in [7, 11) is 0. The highest BCUT2D eigenvalue weighted by atomic mass is 16.5. The summed E-state index contributed by atoms with van der Waals surface area (Å²) >= 11 is 0. The number of hydrogen-bond donors (Lipinski definition) is 0. The van der Waals surface area contributed by atoms with Crippen molar-refractivity contribution in [3.63, 3.8) is 0 Å². The molecule has 0 N–H and O–H groups in total. The highest BCUT2D eigenvalue weighted by Crippen LogP contribution is 2.21. The quantitative estimate of drug-likeness (QED) is 0.510. The minimum atomic E-state index is 0.485. The fourth-order valence-corrected chi connectivity index (χ4v) is 4.48. The molecule has 0 atom stereocenters. The molecule has 0 aromatic rings. The van der Waals surface area contributed by atoms with Crippen molar-refractivity contribution in [2.24, 2.45) is 0 Å². The van der Waals surface area contributed by atoms with Gasteiger partial charge in [-0.05, 0) is 23.3 Å². The molecule has 0 bridgehead atoms. The van der Waals surface area contributed by atoms with Crippen LogP contribution in [0.3, 0.4) is 0 Å². The second-order valence-corrected chi connectivity index (χ2v) is 9.72. The predicted molar refractivity (Wildman–Crippen MR) is 149 cm³/mol. The van der Waals surface area contributed by atoms with Crippen LogP contribution < -0.4 is 0 Å². The highest BCUT2D eigenvalue weighted by molar-refractivity contribution is 5.55. The van der Waals surface area contributed by atoms with Gasteiger partial charge in [0.15, 0.2) is 0 Å². The summed E-state index contributed by atoms with van der Waals surface area (Å²) < 4.78 is 33.3. The number of hydrogen-bond acceptors (Lipinski definition) is 6. The van der Waals surface area contributed by atoms with Gasteiger partial charge < -0.3 is 28.4 Å². The third kappa shape index (κ3) is 6.66. The van der Waals surface area contributed by atoms with E-state index in [0.29, 0.717) is 79.3 Å². The van der Waals surface area contributed by atoms with E-state index >= 15 is 0 Å². The molecule has 0 saturated heterocycles. The van der Waals surface area contributed by atoms with Gasteiger partial charge in [0.2, 0.25) is 0 Å². The summed E-state index contributed by atoms with van der Waals surface area (Å²) in [6, 6.07) is 0. The molecule has 6 nitrogen and oxygen atoms in total. The average Bonchev–Trinajstić information content (AvgIpc) is 3.82. The van der Waals surface area contributed by atoms with Gasteiger partial charge >= 0.3 is 0 Å². The van der Waals surface area contributed by atoms with Gasteiger partial charge in [-0.1, -0.05) is 59.5 Å². The lowest BCUT2D eigenvalue weighted by atomic mass is 10.1. The minimum absolute atomic E-state index is 0.485. The molecule has 0 aliphatic carbocycles. The first-order chi connectivity index (χ1) is 19.8. The Labute approximate surface area is 235 Å². The van der Waals surface area contributed by atoms with Crippen molar-refractivity contribution in [1.82, 2.24) is 0 Å². The Morgan fingerprint density at radius 1 is 0.375 bits per heavy atom. The molecule has 0 saturated carbocycles. The van der Waals surface area contributed by atoms with E-state index in [4.69, 9.17) is 28.4 Å². The van der Waals surface area contributed by atoms with Crippen LogP contribution in [0.2, 0.25) is 0 Å². The van der Waals surface area contributed by atoms with Gasteiger partial charge in [-0.2, -0.15) is 0 Å². The molecular formula is C34H28O6. The van der Waals surface area contributed by atoms with E-state index in [2.05, 4.69) is 59.5 Å². The fraction of sp³-hybridized carbons (Fsp3) is 0.353. The van der Waals surface area contributed by atoms with Crippen molar-refractivity contribution in [2.45, 2.75) is 0 Å². The molecule has 200 valence electrons. The molecular weight excluding hydrogens is 504 g/mol. The molecule has 0 aromatic heterocycles. The summed E-state index contributed by atoms with van der Waals surface area (Å²) in [6.45, 7) is 6.42. The smallest absolute Gasteiger partial charge is 0.0810 e. The molecule has 6 aliphatic rings. The van der Waals surface area contributed by atoms with Crippen molar-refractivity contribution in [3.8, 4) is 47.4 Å². The largest absolute Gasteiger partial charge is 0.372 e. The molecule has 6 aliphatic heterocycles. The second-order valence-electron chi connectivity index (χ2n) is 9.72. The second kappa shape index (κ2) is 13.0. The van der Waals surface area contributed by atoms with Gasteiger partial charge in [0.05, 0.1) is 79.3 Å². The van der Waals surface area contributed by atoms with Gasteiger partial charge in [-0.15, -0.1) is 0 Å². The van der Waals surface area contributed by atoms with Gasteiger partial charge in [0.25, 0.3) is 0 Å². The van der Waals surface area contributed by atoms with Gasteiger partial charge in [-0.25, -0.2) is 0 Å². The molecule has 0 aromatic carbocycles. The van der Waals surface area contributed by atoms with Crippen LogP contribution in [-0.2, 0) is 28.4 Å². The molecule has 0 amide bonds. The van der Waals surface area contributed by atoms with Crippen molar-refractivity contribution in [3.05, 3.63) is 80.0 Å². The molecule has 0 fully saturated rings. The Balaban J connectivity index is 1.17. The van der Waals surface area contributed by atoms with E-state index in [9.17, 15) is 0 Å². The summed E-state index contributed by atoms with van der Waals surface area (Å²) in [5.41, 5.74) is 9.84. The summed E-state index contributed by atoms with van der Waals surface area (Å²) in [4.78, 5) is 0. The van der Waals surface area contributed by atoms with Gasteiger partial charge in [0.1, 0.15) is 0 Å². The van der Waals surface area contributed by atoms with Crippen LogP contribution in [0.4, 0.5) is 0 Å². The predicted octanol–water partition coefficient (Wildman–Crippen LogP) is 2.78. The first-order valence-electron chi connectivity index (χ1n) is 13.3. The maximum absolute atomic E-state index is 5.71. The first-order valence-corrected chi connectivity index (χ1v) is 13.3. The Kier molecular flexibility index (Phi) is 8.60. The van der Waals surface area contributed by atoms with E-state index in [0.717, 1.165) is 55.7 Å². The lowest BCUT2D eigenvalue weighted by Crippen LogP contribution is -1.89. The van der Waals surface area contributed by atoms with Crippen molar-refractivity contribution in [2.75, 3.05) is 79.3 Å². The normalized spacial score (nSPS) is 22.2. The van der Waals surface area contributed by atoms with Crippen molar-refractivity contribution < 1.29 is 28.4 Å². The van der Waals surface area contributed by atoms with Gasteiger partial charge in [0, 0.05) is 44.6 Å². The van der Waals surface area contributed by atoms with Gasteiger partial charge in [-0.3, -0.25) is 0 Å². The van der Waals surface area contributed by atoms with Crippen LogP contribution in [0.1, 0.15) is 0 Å². The van der Waals surface area contributed by atoms with Crippen LogP contribution in [0.15, 0.2) is 80.0 Å². The zero-order chi connectivity index (χ0) is 27.0. The monoisotopic (exact) mass is 532 g/mol. The van der Waals surface area contributed by atoms with E-state index in [-0.39, 0.29) is 0 Å². The zero-order valence-electron chi connectivity index (χ0n) is 22.2. The van der Waals surface area contributed by atoms with E-state index in [1.165, 1.54) is 0 Å². The molecule has 6 heterocycles. The standard InChI is InChI=1S/C34H28O6/c1(25-11-13-35-15-25)3-27-17-37-19-29(27)5-7-31-21-39-23-33(31)9-10-34-24-40-22-32(34)8-6-30-20-38-18-28(30)4-2-26-12-14-36-16-26/h9-12H,13-24H2/b10-9+. The fourth-order valence-electron chi connectivity index (χ4n) is 4.48. The lowest BCUT2D eigenvalue weighted by Gasteiger charge is -1.96. The molecule has 0 spiro atoms. The third-order valence-corrected chi connectivity index (χ3v) is 6.87. The first kappa shape index (κ1) is 26.4. The Hall–Kier alpha value is -3.82. The SMILES string of the molecule is C(#CC1=C(C#CC2=C(/C=C/C3=C(C#CC4=C(C#CC5=CCOC5)COC4)COC3)COC2)COC1)C1=CCOC1. The number of rotatable bonds is 2. The minimum Gasteiger partial charge on any atom is -0.372 e. The molecule has 0 radical (unpaired) electrons. The van der Waals surface area contributed by atoms with Crippen LogP contribution in [-0.4, -0.2) is 79.3 Å². The average molecular weight is 533 g/mol. The van der Waals surface area contributed by atoms with Crippen molar-refractivity contribution in [1.29, 1.82) is 0 Å². The maximum Gasteiger partial charge on any atom is 0.0810 e. The summed E-state index contributed by atoms with van der Waals surface area (Å²) in [5, 5.41) is 0. The summed E-state index contributed by atoms with van der Waals surface area (Å²) in [5.74, 6) is 26.0. The zero-order valence-corrected chi connectivity index (χ0v) is 22.2. The molecule has 40 heavy (non-hydrogen) atoms. The maximum atomic E-state index is 5.71. The third-order valence-electron chi connectivity index (χ3n) is 6.87. The lowest BCUT2D eigenvalue weighted by molar-refractivity contribution is 0.206. The molecule has 6 heteroatoms. The van der Waals surface area contributed by atoms with Crippen LogP contribution in [0.25, 0.3) is 0 Å². The number of ether oxygens (including phenoxy) is 6. The van der Waals surface area contributed by atoms with E-state index in [1.807, 2.05) is 12.2 Å². The highest BCUT2D eigenvalue weighted by Gasteiger charge is 2.17.